The number of carboxylic acids is 1. The molecule has 6 rings (SSSR count). The fourth-order valence-corrected chi connectivity index (χ4v) is 6.58. The number of nitrogens with one attached hydrogen (secondary N) is 4. The number of carboxylic acid groups (broad SMARTS) is 1. The first kappa shape index (κ1) is 49.0. The molecule has 4 aromatic carbocycles. The van der Waals surface area contributed by atoms with Crippen molar-refractivity contribution in [2.45, 2.75) is 73.6 Å². The number of ether oxygens (including phenoxy) is 6. The highest BCUT2D eigenvalue weighted by atomic mass is 19.4. The number of alkyl halides is 3. The number of nitrogens with two attached hydrogens (primary N) is 4. The second-order valence-electron chi connectivity index (χ2n) is 14.3. The van der Waals surface area contributed by atoms with Crippen LogP contribution in [0.4, 0.5) is 55.1 Å². The number of hydrogen-bond donors (Lipinski definition) is 9. The van der Waals surface area contributed by atoms with Gasteiger partial charge in [0, 0.05) is 41.4 Å². The van der Waals surface area contributed by atoms with E-state index in [1.54, 1.807) is 121 Å². The van der Waals surface area contributed by atoms with Gasteiger partial charge in [0.05, 0.1) is 6.04 Å². The molecular weight excluding hydrogens is 866 g/mol. The zero-order valence-electron chi connectivity index (χ0n) is 34.1. The Bertz CT molecular complexity index is 2170. The summed E-state index contributed by atoms with van der Waals surface area (Å²) in [5.41, 5.74) is 27.7. The van der Waals surface area contributed by atoms with Gasteiger partial charge in [0.2, 0.25) is 0 Å². The molecule has 0 radical (unpaired) electrons. The zero-order chi connectivity index (χ0) is 47.1. The number of benzene rings is 4. The van der Waals surface area contributed by atoms with Crippen molar-refractivity contribution in [1.29, 1.82) is 0 Å². The van der Waals surface area contributed by atoms with E-state index in [1.165, 1.54) is 0 Å². The normalized spacial score (nSPS) is 24.9. The van der Waals surface area contributed by atoms with Gasteiger partial charge in [0.1, 0.15) is 12.2 Å². The third-order valence-electron chi connectivity index (χ3n) is 9.55. The lowest BCUT2D eigenvalue weighted by atomic mass is 9.84. The molecule has 1 aliphatic carbocycles. The fraction of sp³-hybridized carbons (Fsp3) is 0.310. The summed E-state index contributed by atoms with van der Waals surface area (Å²) in [7, 11) is 0. The predicted octanol–water partition coefficient (Wildman–Crippen LogP) is 4.54. The lowest BCUT2D eigenvalue weighted by Crippen LogP contribution is -2.69. The largest absolute Gasteiger partial charge is 0.490 e. The van der Waals surface area contributed by atoms with Crippen molar-refractivity contribution in [1.82, 2.24) is 0 Å². The summed E-state index contributed by atoms with van der Waals surface area (Å²) in [6, 6.07) is 30.7. The van der Waals surface area contributed by atoms with Crippen LogP contribution in [-0.2, 0) is 33.2 Å². The number of amides is 4. The topological polar surface area (TPSA) is 313 Å². The summed E-state index contributed by atoms with van der Waals surface area (Å²) in [5.74, 6) is -2.76. The Labute approximate surface area is 369 Å². The number of carbonyl (C=O) groups excluding carboxylic acids is 4. The minimum absolute atomic E-state index is 0.0290. The van der Waals surface area contributed by atoms with Crippen molar-refractivity contribution >= 4 is 53.1 Å². The molecule has 4 aromatic rings. The molecule has 23 heteroatoms. The van der Waals surface area contributed by atoms with Crippen LogP contribution in [0.15, 0.2) is 121 Å². The van der Waals surface area contributed by atoms with Crippen molar-refractivity contribution in [2.75, 3.05) is 27.8 Å². The maximum atomic E-state index is 13.4. The van der Waals surface area contributed by atoms with Gasteiger partial charge in [-0.2, -0.15) is 13.2 Å². The van der Waals surface area contributed by atoms with Crippen LogP contribution in [0.3, 0.4) is 0 Å². The van der Waals surface area contributed by atoms with Gasteiger partial charge in [-0.1, -0.05) is 72.8 Å². The number of rotatable bonds is 11. The van der Waals surface area contributed by atoms with Crippen LogP contribution in [0.25, 0.3) is 0 Å². The quantitative estimate of drug-likeness (QED) is 0.0933. The summed E-state index contributed by atoms with van der Waals surface area (Å²) in [6.45, 7) is -0.261. The highest BCUT2D eigenvalue weighted by Gasteiger charge is 2.54. The van der Waals surface area contributed by atoms with Crippen LogP contribution >= 0.6 is 0 Å². The molecule has 2 fully saturated rings. The Morgan fingerprint density at radius 2 is 0.877 bits per heavy atom. The lowest BCUT2D eigenvalue weighted by Gasteiger charge is -2.48. The third kappa shape index (κ3) is 14.5. The van der Waals surface area contributed by atoms with E-state index in [1.807, 2.05) is 0 Å². The van der Waals surface area contributed by atoms with E-state index in [0.29, 0.717) is 22.7 Å². The molecule has 4 amide bonds. The highest BCUT2D eigenvalue weighted by Crippen LogP contribution is 2.33. The summed E-state index contributed by atoms with van der Waals surface area (Å²) in [6.07, 6.45) is -18.2. The maximum Gasteiger partial charge on any atom is 0.490 e. The number of halogens is 3. The average Bonchev–Trinajstić information content (AvgIpc) is 3.26. The minimum atomic E-state index is -5.08. The molecule has 1 unspecified atom stereocenters. The van der Waals surface area contributed by atoms with E-state index in [4.69, 9.17) is 61.3 Å². The molecule has 1 heterocycles. The first-order chi connectivity index (χ1) is 31.0. The summed E-state index contributed by atoms with van der Waals surface area (Å²) >= 11 is 0. The van der Waals surface area contributed by atoms with Crippen LogP contribution in [0.5, 0.6) is 0 Å². The number of hydrogen-bond acceptors (Lipinski definition) is 15. The molecule has 13 N–H and O–H groups in total. The van der Waals surface area contributed by atoms with Crippen molar-refractivity contribution in [3.8, 4) is 0 Å². The van der Waals surface area contributed by atoms with Crippen LogP contribution in [0, 0.1) is 0 Å². The number of anilines is 4. The van der Waals surface area contributed by atoms with E-state index in [2.05, 4.69) is 21.3 Å². The molecule has 1 saturated carbocycles. The van der Waals surface area contributed by atoms with Crippen LogP contribution in [0.1, 0.15) is 6.42 Å². The van der Waals surface area contributed by atoms with E-state index < -0.39 is 97.6 Å². The molecule has 348 valence electrons. The monoisotopic (exact) mass is 912 g/mol. The van der Waals surface area contributed by atoms with Gasteiger partial charge in [0.15, 0.2) is 30.7 Å². The Kier molecular flexibility index (Phi) is 17.4. The van der Waals surface area contributed by atoms with Gasteiger partial charge >= 0.3 is 36.5 Å². The van der Waals surface area contributed by atoms with E-state index in [0.717, 1.165) is 0 Å². The third-order valence-corrected chi connectivity index (χ3v) is 9.55. The van der Waals surface area contributed by atoms with Crippen LogP contribution < -0.4 is 44.2 Å². The van der Waals surface area contributed by atoms with Crippen molar-refractivity contribution in [3.63, 3.8) is 0 Å². The van der Waals surface area contributed by atoms with Crippen LogP contribution in [-0.4, -0.2) is 109 Å². The summed E-state index contributed by atoms with van der Waals surface area (Å²) in [4.78, 5) is 62.0. The van der Waals surface area contributed by atoms with E-state index >= 15 is 0 Å². The standard InChI is InChI=1S/C40H46N8O10.C2HF3O2/c41-22-29-33(56-38(50)46-24-15-7-2-8-16-24)34(57-39(51)47-25-17-9-3-10-18-25)30(44)36(53-29)54-31-27(42)21-28(43)32(55-37(49)45-23-13-5-1-6-14-23)35(31)58-40(52)48-26-19-11-4-12-20-26;3-2(4,5)1(6)7/h1-20,27-36H,21-22,41-44H2,(H,45,49)(H,46,50)(H,47,51)(H,48,52);(H,6,7)/t27-,28+,29+,30+,31?,32-,33+,34+,35-,36+;/m0./s1. The number of para-hydroxylation sites is 4. The van der Waals surface area contributed by atoms with Gasteiger partial charge in [-0.25, -0.2) is 24.0 Å². The maximum absolute atomic E-state index is 13.4. The Morgan fingerprint density at radius 1 is 0.554 bits per heavy atom. The van der Waals surface area contributed by atoms with Crippen molar-refractivity contribution in [3.05, 3.63) is 121 Å². The molecule has 1 saturated heterocycles. The van der Waals surface area contributed by atoms with Crippen LogP contribution in [0.2, 0.25) is 0 Å². The lowest BCUT2D eigenvalue weighted by molar-refractivity contribution is -0.285. The molecule has 10 atom stereocenters. The minimum Gasteiger partial charge on any atom is -0.475 e. The van der Waals surface area contributed by atoms with Gasteiger partial charge < -0.3 is 56.5 Å². The smallest absolute Gasteiger partial charge is 0.475 e. The first-order valence-corrected chi connectivity index (χ1v) is 19.7. The van der Waals surface area contributed by atoms with Gasteiger partial charge in [-0.15, -0.1) is 0 Å². The van der Waals surface area contributed by atoms with Gasteiger partial charge in [-0.3, -0.25) is 21.3 Å². The highest BCUT2D eigenvalue weighted by molar-refractivity contribution is 5.87. The summed E-state index contributed by atoms with van der Waals surface area (Å²) < 4.78 is 67.7. The van der Waals surface area contributed by atoms with Gasteiger partial charge in [-0.05, 0) is 55.0 Å². The molecule has 0 spiro atoms. The van der Waals surface area contributed by atoms with E-state index in [-0.39, 0.29) is 13.0 Å². The number of aliphatic carboxylic acids is 1. The average molecular weight is 913 g/mol. The first-order valence-electron chi connectivity index (χ1n) is 19.7. The zero-order valence-corrected chi connectivity index (χ0v) is 34.1. The molecule has 2 aliphatic rings. The predicted molar refractivity (Wildman–Crippen MR) is 226 cm³/mol. The fourth-order valence-electron chi connectivity index (χ4n) is 6.58. The second-order valence-corrected chi connectivity index (χ2v) is 14.3. The molecule has 0 aromatic heterocycles. The SMILES string of the molecule is NC[C@H]1O[C@H](OC2[C@@H](N)C[C@@H](N)[C@H](OC(=O)Nc3ccccc3)[C@H]2OC(=O)Nc2ccccc2)[C@H](N)[C@@H](OC(=O)Nc2ccccc2)[C@@H]1OC(=O)Nc1ccccc1.O=C(O)C(F)(F)F. The molecule has 65 heavy (non-hydrogen) atoms. The molecular formula is C42H47F3N8O12. The second kappa shape index (κ2) is 23.1. The molecule has 1 aliphatic heterocycles. The Balaban J connectivity index is 0.00000105. The molecule has 0 bridgehead atoms. The van der Waals surface area contributed by atoms with E-state index in [9.17, 15) is 32.3 Å². The van der Waals surface area contributed by atoms with Gasteiger partial charge in [0.25, 0.3) is 0 Å². The van der Waals surface area contributed by atoms with Crippen molar-refractivity contribution < 1.29 is 70.7 Å². The van der Waals surface area contributed by atoms with Crippen molar-refractivity contribution in [2.24, 2.45) is 22.9 Å². The Morgan fingerprint density at radius 3 is 1.23 bits per heavy atom. The molecule has 20 nitrogen and oxygen atoms in total. The Hall–Kier alpha value is -7.02. The number of carbonyl (C=O) groups is 5. The summed E-state index contributed by atoms with van der Waals surface area (Å²) in [5, 5.41) is 17.6.